The SMILES string of the molecule is CSCc1nc2c([N+](=O)[O-])cccc2[nH]1. The Hall–Kier alpha value is -1.56. The molecule has 0 aliphatic carbocycles. The van der Waals surface area contributed by atoms with E-state index in [0.29, 0.717) is 11.0 Å². The van der Waals surface area contributed by atoms with Gasteiger partial charge in [0, 0.05) is 6.07 Å². The number of hydrogen-bond acceptors (Lipinski definition) is 4. The molecule has 0 aliphatic heterocycles. The molecule has 15 heavy (non-hydrogen) atoms. The van der Waals surface area contributed by atoms with E-state index in [9.17, 15) is 10.1 Å². The molecule has 0 bridgehead atoms. The predicted molar refractivity (Wildman–Crippen MR) is 60.0 cm³/mol. The van der Waals surface area contributed by atoms with Crippen LogP contribution in [0.4, 0.5) is 5.69 Å². The lowest BCUT2D eigenvalue weighted by atomic mass is 10.3. The van der Waals surface area contributed by atoms with Crippen molar-refractivity contribution >= 4 is 28.5 Å². The minimum absolute atomic E-state index is 0.0519. The molecular formula is C9H9N3O2S. The Morgan fingerprint density at radius 1 is 1.60 bits per heavy atom. The summed E-state index contributed by atoms with van der Waals surface area (Å²) in [7, 11) is 0. The highest BCUT2D eigenvalue weighted by Gasteiger charge is 2.14. The van der Waals surface area contributed by atoms with Crippen molar-refractivity contribution in [3.05, 3.63) is 34.1 Å². The molecule has 0 spiro atoms. The van der Waals surface area contributed by atoms with Crippen molar-refractivity contribution in [2.45, 2.75) is 5.75 Å². The first-order valence-electron chi connectivity index (χ1n) is 4.33. The van der Waals surface area contributed by atoms with Gasteiger partial charge in [-0.15, -0.1) is 0 Å². The van der Waals surface area contributed by atoms with Crippen LogP contribution in [0.3, 0.4) is 0 Å². The van der Waals surface area contributed by atoms with Crippen LogP contribution < -0.4 is 0 Å². The van der Waals surface area contributed by atoms with Crippen molar-refractivity contribution in [2.24, 2.45) is 0 Å². The second-order valence-electron chi connectivity index (χ2n) is 3.05. The van der Waals surface area contributed by atoms with Crippen molar-refractivity contribution in [1.29, 1.82) is 0 Å². The number of aromatic nitrogens is 2. The fourth-order valence-electron chi connectivity index (χ4n) is 1.42. The second kappa shape index (κ2) is 3.90. The van der Waals surface area contributed by atoms with Gasteiger partial charge in [-0.3, -0.25) is 10.1 Å². The summed E-state index contributed by atoms with van der Waals surface area (Å²) in [6.45, 7) is 0. The van der Waals surface area contributed by atoms with Crippen molar-refractivity contribution < 1.29 is 4.92 Å². The fraction of sp³-hybridized carbons (Fsp3) is 0.222. The molecule has 0 radical (unpaired) electrons. The largest absolute Gasteiger partial charge is 0.341 e. The van der Waals surface area contributed by atoms with Gasteiger partial charge in [0.15, 0.2) is 5.52 Å². The van der Waals surface area contributed by atoms with Crippen LogP contribution in [0.5, 0.6) is 0 Å². The first-order chi connectivity index (χ1) is 7.22. The maximum absolute atomic E-state index is 10.7. The molecule has 0 saturated carbocycles. The van der Waals surface area contributed by atoms with Crippen LogP contribution in [-0.4, -0.2) is 21.1 Å². The highest BCUT2D eigenvalue weighted by molar-refractivity contribution is 7.97. The summed E-state index contributed by atoms with van der Waals surface area (Å²) >= 11 is 1.62. The van der Waals surface area contributed by atoms with Crippen molar-refractivity contribution in [3.63, 3.8) is 0 Å². The smallest absolute Gasteiger partial charge is 0.297 e. The number of fused-ring (bicyclic) bond motifs is 1. The van der Waals surface area contributed by atoms with E-state index in [-0.39, 0.29) is 5.69 Å². The van der Waals surface area contributed by atoms with E-state index >= 15 is 0 Å². The molecule has 0 unspecified atom stereocenters. The number of para-hydroxylation sites is 1. The maximum Gasteiger partial charge on any atom is 0.297 e. The van der Waals surface area contributed by atoms with E-state index < -0.39 is 4.92 Å². The summed E-state index contributed by atoms with van der Waals surface area (Å²) in [5.74, 6) is 1.50. The Labute approximate surface area is 90.0 Å². The minimum atomic E-state index is -0.411. The lowest BCUT2D eigenvalue weighted by Gasteiger charge is -1.90. The number of H-pyrrole nitrogens is 1. The second-order valence-corrected chi connectivity index (χ2v) is 3.91. The molecule has 0 aliphatic rings. The number of imidazole rings is 1. The van der Waals surface area contributed by atoms with E-state index in [4.69, 9.17) is 0 Å². The number of hydrogen-bond donors (Lipinski definition) is 1. The van der Waals surface area contributed by atoms with Gasteiger partial charge < -0.3 is 4.98 Å². The van der Waals surface area contributed by atoms with Gasteiger partial charge in [-0.2, -0.15) is 11.8 Å². The Bertz CT molecular complexity index is 509. The van der Waals surface area contributed by atoms with Crippen LogP contribution in [0.1, 0.15) is 5.82 Å². The molecule has 78 valence electrons. The van der Waals surface area contributed by atoms with Crippen LogP contribution in [0, 0.1) is 10.1 Å². The average Bonchev–Trinajstić information content (AvgIpc) is 2.59. The molecule has 2 rings (SSSR count). The summed E-state index contributed by atoms with van der Waals surface area (Å²) < 4.78 is 0. The van der Waals surface area contributed by atoms with Gasteiger partial charge in [-0.1, -0.05) is 6.07 Å². The van der Waals surface area contributed by atoms with E-state index in [2.05, 4.69) is 9.97 Å². The maximum atomic E-state index is 10.7. The number of nitrogens with one attached hydrogen (secondary N) is 1. The lowest BCUT2D eigenvalue weighted by molar-refractivity contribution is -0.383. The van der Waals surface area contributed by atoms with Gasteiger partial charge in [0.05, 0.1) is 16.2 Å². The number of nitro benzene ring substituents is 1. The molecule has 0 atom stereocenters. The Balaban J connectivity index is 2.59. The van der Waals surface area contributed by atoms with Crippen LogP contribution in [0.2, 0.25) is 0 Å². The molecule has 0 fully saturated rings. The minimum Gasteiger partial charge on any atom is -0.341 e. The van der Waals surface area contributed by atoms with Crippen molar-refractivity contribution in [2.75, 3.05) is 6.26 Å². The van der Waals surface area contributed by atoms with Gasteiger partial charge in [0.25, 0.3) is 5.69 Å². The van der Waals surface area contributed by atoms with Crippen LogP contribution >= 0.6 is 11.8 Å². The summed E-state index contributed by atoms with van der Waals surface area (Å²) in [4.78, 5) is 17.6. The van der Waals surface area contributed by atoms with Gasteiger partial charge in [-0.25, -0.2) is 4.98 Å². The summed E-state index contributed by atoms with van der Waals surface area (Å²) in [6, 6.07) is 4.91. The zero-order valence-corrected chi connectivity index (χ0v) is 8.87. The van der Waals surface area contributed by atoms with Gasteiger partial charge in [0.2, 0.25) is 0 Å². The van der Waals surface area contributed by atoms with E-state index in [0.717, 1.165) is 11.6 Å². The predicted octanol–water partition coefficient (Wildman–Crippen LogP) is 2.33. The molecule has 0 amide bonds. The molecule has 2 aromatic rings. The fourth-order valence-corrected chi connectivity index (χ4v) is 1.83. The van der Waals surface area contributed by atoms with Gasteiger partial charge in [-0.05, 0) is 12.3 Å². The van der Waals surface area contributed by atoms with Crippen molar-refractivity contribution in [3.8, 4) is 0 Å². The molecule has 6 heteroatoms. The quantitative estimate of drug-likeness (QED) is 0.640. The Kier molecular flexibility index (Phi) is 2.59. The van der Waals surface area contributed by atoms with E-state index in [1.54, 1.807) is 23.9 Å². The number of nitrogens with zero attached hydrogens (tertiary/aromatic N) is 2. The van der Waals surface area contributed by atoms with E-state index in [1.807, 2.05) is 6.26 Å². The number of rotatable bonds is 3. The van der Waals surface area contributed by atoms with Crippen LogP contribution in [0.15, 0.2) is 18.2 Å². The normalized spacial score (nSPS) is 10.7. The average molecular weight is 223 g/mol. The summed E-state index contributed by atoms with van der Waals surface area (Å²) in [5, 5.41) is 10.7. The number of benzene rings is 1. The summed E-state index contributed by atoms with van der Waals surface area (Å²) in [5.41, 5.74) is 1.20. The zero-order valence-electron chi connectivity index (χ0n) is 8.06. The third-order valence-corrected chi connectivity index (χ3v) is 2.58. The van der Waals surface area contributed by atoms with Gasteiger partial charge >= 0.3 is 0 Å². The molecule has 1 heterocycles. The van der Waals surface area contributed by atoms with Crippen LogP contribution in [0.25, 0.3) is 11.0 Å². The Morgan fingerprint density at radius 3 is 3.07 bits per heavy atom. The number of aromatic amines is 1. The number of thioether (sulfide) groups is 1. The van der Waals surface area contributed by atoms with Crippen LogP contribution in [-0.2, 0) is 5.75 Å². The monoisotopic (exact) mass is 223 g/mol. The van der Waals surface area contributed by atoms with Gasteiger partial charge in [0.1, 0.15) is 5.82 Å². The number of nitro groups is 1. The topological polar surface area (TPSA) is 71.8 Å². The highest BCUT2D eigenvalue weighted by Crippen LogP contribution is 2.23. The third-order valence-electron chi connectivity index (χ3n) is 2.02. The third kappa shape index (κ3) is 1.80. The summed E-state index contributed by atoms with van der Waals surface area (Å²) in [6.07, 6.45) is 1.96. The highest BCUT2D eigenvalue weighted by atomic mass is 32.2. The Morgan fingerprint density at radius 2 is 2.40 bits per heavy atom. The molecule has 1 N–H and O–H groups in total. The van der Waals surface area contributed by atoms with Crippen molar-refractivity contribution in [1.82, 2.24) is 9.97 Å². The molecule has 5 nitrogen and oxygen atoms in total. The first kappa shape index (κ1) is 9.97. The standard InChI is InChI=1S/C9H9N3O2S/c1-15-5-8-10-6-3-2-4-7(12(13)14)9(6)11-8/h2-4H,5H2,1H3,(H,10,11). The first-order valence-corrected chi connectivity index (χ1v) is 5.72. The molecular weight excluding hydrogens is 214 g/mol. The molecule has 1 aromatic heterocycles. The number of non-ortho nitro benzene ring substituents is 1. The lowest BCUT2D eigenvalue weighted by Crippen LogP contribution is -1.88. The molecule has 0 saturated heterocycles. The van der Waals surface area contributed by atoms with E-state index in [1.165, 1.54) is 6.07 Å². The zero-order chi connectivity index (χ0) is 10.8. The molecule has 1 aromatic carbocycles.